The second-order valence-electron chi connectivity index (χ2n) is 5.18. The maximum Gasteiger partial charge on any atom is 0.325 e. The van der Waals surface area contributed by atoms with Crippen LogP contribution >= 0.6 is 11.8 Å². The number of carboxylic acid groups (broad SMARTS) is 1. The molecule has 2 N–H and O–H groups in total. The molecule has 0 unspecified atom stereocenters. The van der Waals surface area contributed by atoms with Crippen LogP contribution in [-0.4, -0.2) is 50.5 Å². The molecule has 0 aromatic heterocycles. The monoisotopic (exact) mass is 274 g/mol. The maximum atomic E-state index is 11.8. The van der Waals surface area contributed by atoms with Gasteiger partial charge in [-0.2, -0.15) is 0 Å². The van der Waals surface area contributed by atoms with Crippen LogP contribution in [0.4, 0.5) is 4.79 Å². The van der Waals surface area contributed by atoms with Crippen LogP contribution in [-0.2, 0) is 9.59 Å². The number of urea groups is 1. The molecule has 18 heavy (non-hydrogen) atoms. The predicted molar refractivity (Wildman–Crippen MR) is 68.5 cm³/mol. The van der Waals surface area contributed by atoms with Crippen molar-refractivity contribution in [2.75, 3.05) is 12.3 Å². The number of thioether (sulfide) groups is 1. The molecule has 3 amide bonds. The minimum absolute atomic E-state index is 0.218. The van der Waals surface area contributed by atoms with E-state index in [1.165, 1.54) is 11.8 Å². The number of aliphatic carboxylic acids is 1. The first-order valence-electron chi connectivity index (χ1n) is 5.59. The van der Waals surface area contributed by atoms with Crippen LogP contribution in [0.1, 0.15) is 27.7 Å². The zero-order valence-electron chi connectivity index (χ0n) is 10.9. The van der Waals surface area contributed by atoms with Gasteiger partial charge in [-0.05, 0) is 27.7 Å². The Kier molecular flexibility index (Phi) is 3.95. The third-order valence-corrected chi connectivity index (χ3v) is 4.02. The summed E-state index contributed by atoms with van der Waals surface area (Å²) < 4.78 is -0.922. The molecule has 1 heterocycles. The molecule has 0 spiro atoms. The van der Waals surface area contributed by atoms with Crippen LogP contribution in [0.3, 0.4) is 0 Å². The van der Waals surface area contributed by atoms with Crippen LogP contribution in [0.15, 0.2) is 0 Å². The highest BCUT2D eigenvalue weighted by atomic mass is 32.2. The molecule has 1 fully saturated rings. The minimum atomic E-state index is -0.922. The van der Waals surface area contributed by atoms with Crippen LogP contribution in [0, 0.1) is 0 Å². The molecule has 0 aromatic rings. The average Bonchev–Trinajstić information content (AvgIpc) is 2.39. The number of imide groups is 1. The van der Waals surface area contributed by atoms with Gasteiger partial charge in [-0.25, -0.2) is 4.79 Å². The van der Waals surface area contributed by atoms with Crippen molar-refractivity contribution in [2.45, 2.75) is 38.0 Å². The first-order valence-corrected chi connectivity index (χ1v) is 6.58. The van der Waals surface area contributed by atoms with E-state index in [0.29, 0.717) is 5.75 Å². The Morgan fingerprint density at radius 2 is 2.00 bits per heavy atom. The van der Waals surface area contributed by atoms with Gasteiger partial charge in [0.05, 0.1) is 0 Å². The van der Waals surface area contributed by atoms with Crippen molar-refractivity contribution in [1.82, 2.24) is 10.2 Å². The van der Waals surface area contributed by atoms with Crippen LogP contribution in [0.5, 0.6) is 0 Å². The Hall–Kier alpha value is -1.24. The molecule has 7 heteroatoms. The number of nitrogens with zero attached hydrogens (tertiary/aromatic N) is 1. The normalized spacial score (nSPS) is 19.0. The zero-order chi connectivity index (χ0) is 14.1. The summed E-state index contributed by atoms with van der Waals surface area (Å²) in [6, 6.07) is -0.418. The lowest BCUT2D eigenvalue weighted by atomic mass is 10.1. The van der Waals surface area contributed by atoms with Crippen LogP contribution < -0.4 is 5.32 Å². The summed E-state index contributed by atoms with van der Waals surface area (Å²) in [6.45, 7) is 6.68. The van der Waals surface area contributed by atoms with Gasteiger partial charge >= 0.3 is 12.0 Å². The third-order valence-electron chi connectivity index (χ3n) is 2.74. The highest BCUT2D eigenvalue weighted by Gasteiger charge is 2.44. The zero-order valence-corrected chi connectivity index (χ0v) is 11.8. The Morgan fingerprint density at radius 1 is 1.44 bits per heavy atom. The summed E-state index contributed by atoms with van der Waals surface area (Å²) >= 11 is 1.20. The third kappa shape index (κ3) is 2.95. The number of carbonyl (C=O) groups is 3. The van der Waals surface area contributed by atoms with E-state index in [-0.39, 0.29) is 12.5 Å². The van der Waals surface area contributed by atoms with Crippen molar-refractivity contribution in [3.05, 3.63) is 0 Å². The number of nitrogens with one attached hydrogen (secondary N) is 1. The molecule has 1 aliphatic heterocycles. The van der Waals surface area contributed by atoms with Crippen molar-refractivity contribution in [1.29, 1.82) is 0 Å². The number of amides is 3. The number of hydrogen-bond acceptors (Lipinski definition) is 4. The average molecular weight is 274 g/mol. The maximum absolute atomic E-state index is 11.8. The molecule has 0 saturated carbocycles. The molecule has 1 aliphatic rings. The number of carboxylic acids is 1. The van der Waals surface area contributed by atoms with E-state index in [9.17, 15) is 14.4 Å². The largest absolute Gasteiger partial charge is 0.480 e. The smallest absolute Gasteiger partial charge is 0.325 e. The molecule has 6 nitrogen and oxygen atoms in total. The van der Waals surface area contributed by atoms with Crippen molar-refractivity contribution < 1.29 is 19.5 Å². The van der Waals surface area contributed by atoms with Gasteiger partial charge in [-0.1, -0.05) is 0 Å². The van der Waals surface area contributed by atoms with Crippen molar-refractivity contribution in [3.8, 4) is 0 Å². The summed E-state index contributed by atoms with van der Waals surface area (Å²) in [6.07, 6.45) is 0. The van der Waals surface area contributed by atoms with Gasteiger partial charge in [0.2, 0.25) is 0 Å². The van der Waals surface area contributed by atoms with Gasteiger partial charge in [0.1, 0.15) is 10.3 Å². The van der Waals surface area contributed by atoms with Crippen molar-refractivity contribution in [2.24, 2.45) is 0 Å². The van der Waals surface area contributed by atoms with E-state index >= 15 is 0 Å². The molecular weight excluding hydrogens is 256 g/mol. The molecule has 0 radical (unpaired) electrons. The number of rotatable bonds is 5. The van der Waals surface area contributed by atoms with E-state index < -0.39 is 22.3 Å². The Morgan fingerprint density at radius 3 is 2.39 bits per heavy atom. The lowest BCUT2D eigenvalue weighted by molar-refractivity contribution is -0.138. The van der Waals surface area contributed by atoms with E-state index in [1.54, 1.807) is 27.7 Å². The van der Waals surface area contributed by atoms with Gasteiger partial charge in [0.15, 0.2) is 0 Å². The summed E-state index contributed by atoms with van der Waals surface area (Å²) in [5.41, 5.74) is -0.871. The van der Waals surface area contributed by atoms with E-state index in [2.05, 4.69) is 5.32 Å². The van der Waals surface area contributed by atoms with Gasteiger partial charge in [0.25, 0.3) is 5.91 Å². The van der Waals surface area contributed by atoms with Crippen molar-refractivity contribution in [3.63, 3.8) is 0 Å². The number of carbonyl (C=O) groups excluding carboxylic acids is 2. The fourth-order valence-corrected chi connectivity index (χ4v) is 2.38. The standard InChI is InChI=1S/C11H18N2O4S/c1-10(2)7(14)13(9(17)12-10)5-6-18-11(3,4)8(15)16/h5-6H2,1-4H3,(H,12,17)(H,15,16). The Labute approximate surface area is 110 Å². The summed E-state index contributed by atoms with van der Waals surface area (Å²) in [5.74, 6) is -0.791. The predicted octanol–water partition coefficient (Wildman–Crippen LogP) is 0.913. The highest BCUT2D eigenvalue weighted by molar-refractivity contribution is 8.01. The minimum Gasteiger partial charge on any atom is -0.480 e. The Bertz CT molecular complexity index is 393. The van der Waals surface area contributed by atoms with E-state index in [4.69, 9.17) is 5.11 Å². The summed E-state index contributed by atoms with van der Waals surface area (Å²) in [4.78, 5) is 35.4. The van der Waals surface area contributed by atoms with Gasteiger partial charge < -0.3 is 10.4 Å². The topological polar surface area (TPSA) is 86.7 Å². The second-order valence-corrected chi connectivity index (χ2v) is 6.89. The SMILES string of the molecule is CC1(C)NC(=O)N(CCSC(C)(C)C(=O)O)C1=O. The first-order chi connectivity index (χ1) is 8.08. The Balaban J connectivity index is 2.53. The lowest BCUT2D eigenvalue weighted by Crippen LogP contribution is -2.40. The fourth-order valence-electron chi connectivity index (χ4n) is 1.47. The summed E-state index contributed by atoms with van der Waals surface area (Å²) in [7, 11) is 0. The molecule has 0 atom stereocenters. The quantitative estimate of drug-likeness (QED) is 0.728. The second kappa shape index (κ2) is 4.79. The molecule has 1 rings (SSSR count). The van der Waals surface area contributed by atoms with E-state index in [0.717, 1.165) is 4.90 Å². The molecule has 0 bridgehead atoms. The van der Waals surface area contributed by atoms with Gasteiger partial charge in [0, 0.05) is 12.3 Å². The van der Waals surface area contributed by atoms with Gasteiger partial charge in [-0.3, -0.25) is 14.5 Å². The molecule has 102 valence electrons. The molecular formula is C11H18N2O4S. The fraction of sp³-hybridized carbons (Fsp3) is 0.727. The molecule has 0 aromatic carbocycles. The highest BCUT2D eigenvalue weighted by Crippen LogP contribution is 2.25. The van der Waals surface area contributed by atoms with Crippen LogP contribution in [0.2, 0.25) is 0 Å². The van der Waals surface area contributed by atoms with Gasteiger partial charge in [-0.15, -0.1) is 11.8 Å². The first kappa shape index (κ1) is 14.8. The molecule has 1 saturated heterocycles. The van der Waals surface area contributed by atoms with Crippen molar-refractivity contribution >= 4 is 29.7 Å². The summed E-state index contributed by atoms with van der Waals surface area (Å²) in [5, 5.41) is 11.5. The number of hydrogen-bond donors (Lipinski definition) is 2. The van der Waals surface area contributed by atoms with E-state index in [1.807, 2.05) is 0 Å². The van der Waals surface area contributed by atoms with Crippen LogP contribution in [0.25, 0.3) is 0 Å². The lowest BCUT2D eigenvalue weighted by Gasteiger charge is -2.20. The molecule has 0 aliphatic carbocycles.